The molecule has 2 N–H and O–H groups in total. The molecule has 2 fully saturated rings. The Kier molecular flexibility index (Phi) is 3.93. The van der Waals surface area contributed by atoms with Gasteiger partial charge in [-0.2, -0.15) is 0 Å². The summed E-state index contributed by atoms with van der Waals surface area (Å²) in [6.07, 6.45) is 4.57. The van der Waals surface area contributed by atoms with Gasteiger partial charge in [0.15, 0.2) is 17.5 Å². The minimum absolute atomic E-state index is 0.0831. The number of hydrogen-bond acceptors (Lipinski definition) is 3. The molecule has 1 spiro atoms. The van der Waals surface area contributed by atoms with Crippen LogP contribution in [-0.2, 0) is 4.79 Å². The van der Waals surface area contributed by atoms with Crippen molar-refractivity contribution in [3.63, 3.8) is 0 Å². The lowest BCUT2D eigenvalue weighted by Gasteiger charge is -2.33. The monoisotopic (exact) mass is 362 g/mol. The van der Waals surface area contributed by atoms with E-state index in [1.807, 2.05) is 0 Å². The minimum atomic E-state index is -1.03. The van der Waals surface area contributed by atoms with Gasteiger partial charge >= 0.3 is 0 Å². The number of carbonyl (C=O) groups excluding carboxylic acids is 2. The number of amides is 2. The fourth-order valence-corrected chi connectivity index (χ4v) is 3.59. The number of imidazole rings is 1. The second-order valence-corrected chi connectivity index (χ2v) is 7.39. The molecule has 2 aliphatic rings. The molecular formula is C18H20F2N4O2. The Bertz CT molecular complexity index is 842. The molecule has 2 heterocycles. The van der Waals surface area contributed by atoms with E-state index in [0.29, 0.717) is 5.41 Å². The lowest BCUT2D eigenvalue weighted by molar-refractivity contribution is -0.134. The van der Waals surface area contributed by atoms with Crippen LogP contribution in [0.1, 0.15) is 43.2 Å². The van der Waals surface area contributed by atoms with Crippen LogP contribution in [0, 0.1) is 17.0 Å². The Morgan fingerprint density at radius 1 is 1.19 bits per heavy atom. The zero-order valence-electron chi connectivity index (χ0n) is 14.4. The summed E-state index contributed by atoms with van der Waals surface area (Å²) in [6, 6.07) is 1.18. The predicted octanol–water partition coefficient (Wildman–Crippen LogP) is 2.36. The standard InChI is InChI=1S/C18H20F2N4O2/c1-10(17(26)24-6-4-18(2-3-18)5-7-24)21-16(25)15-22-13-8-11(19)12(20)9-14(13)23-15/h8-10H,2-7H2,1H3,(H,21,25)(H,22,23)/t10-/m1/s1. The van der Waals surface area contributed by atoms with Crippen LogP contribution in [0.2, 0.25) is 0 Å². The van der Waals surface area contributed by atoms with Crippen molar-refractivity contribution in [1.29, 1.82) is 0 Å². The predicted molar refractivity (Wildman–Crippen MR) is 90.4 cm³/mol. The largest absolute Gasteiger partial charge is 0.341 e. The number of fused-ring (bicyclic) bond motifs is 1. The van der Waals surface area contributed by atoms with E-state index in [-0.39, 0.29) is 22.8 Å². The van der Waals surface area contributed by atoms with Gasteiger partial charge in [-0.3, -0.25) is 9.59 Å². The number of nitrogens with one attached hydrogen (secondary N) is 2. The SMILES string of the molecule is C[C@@H](NC(=O)c1nc2cc(F)c(F)cc2[nH]1)C(=O)N1CCC2(CC1)CC2. The number of piperidine rings is 1. The summed E-state index contributed by atoms with van der Waals surface area (Å²) < 4.78 is 26.5. The second kappa shape index (κ2) is 6.03. The van der Waals surface area contributed by atoms with E-state index in [0.717, 1.165) is 38.1 Å². The summed E-state index contributed by atoms with van der Waals surface area (Å²) in [7, 11) is 0. The first-order valence-corrected chi connectivity index (χ1v) is 8.81. The molecule has 4 rings (SSSR count). The molecule has 1 aromatic carbocycles. The highest BCUT2D eigenvalue weighted by molar-refractivity contribution is 5.97. The van der Waals surface area contributed by atoms with Crippen LogP contribution in [-0.4, -0.2) is 45.8 Å². The molecule has 138 valence electrons. The molecule has 1 aromatic heterocycles. The first kappa shape index (κ1) is 16.9. The van der Waals surface area contributed by atoms with Crippen LogP contribution >= 0.6 is 0 Å². The first-order chi connectivity index (χ1) is 12.4. The number of benzene rings is 1. The van der Waals surface area contributed by atoms with Crippen LogP contribution in [0.5, 0.6) is 0 Å². The Morgan fingerprint density at radius 2 is 1.85 bits per heavy atom. The van der Waals surface area contributed by atoms with Gasteiger partial charge in [-0.05, 0) is 38.0 Å². The van der Waals surface area contributed by atoms with Gasteiger partial charge in [0.25, 0.3) is 5.91 Å². The molecule has 1 atom stereocenters. The quantitative estimate of drug-likeness (QED) is 0.880. The molecule has 2 aromatic rings. The summed E-state index contributed by atoms with van der Waals surface area (Å²) >= 11 is 0. The number of halogens is 2. The van der Waals surface area contributed by atoms with Crippen LogP contribution in [0.25, 0.3) is 11.0 Å². The summed E-state index contributed by atoms with van der Waals surface area (Å²) in [5.41, 5.74) is 0.847. The first-order valence-electron chi connectivity index (χ1n) is 8.81. The van der Waals surface area contributed by atoms with Crippen LogP contribution in [0.15, 0.2) is 12.1 Å². The van der Waals surface area contributed by atoms with Gasteiger partial charge in [-0.25, -0.2) is 13.8 Å². The number of likely N-dealkylation sites (tertiary alicyclic amines) is 1. The average Bonchev–Trinajstić information content (AvgIpc) is 3.24. The Hall–Kier alpha value is -2.51. The van der Waals surface area contributed by atoms with Crippen LogP contribution < -0.4 is 5.32 Å². The van der Waals surface area contributed by atoms with Crippen molar-refractivity contribution in [3.8, 4) is 0 Å². The molecular weight excluding hydrogens is 342 g/mol. The van der Waals surface area contributed by atoms with Crippen molar-refractivity contribution in [2.75, 3.05) is 13.1 Å². The molecule has 0 unspecified atom stereocenters. The van der Waals surface area contributed by atoms with E-state index in [9.17, 15) is 18.4 Å². The maximum absolute atomic E-state index is 13.3. The van der Waals surface area contributed by atoms with E-state index in [4.69, 9.17) is 0 Å². The maximum atomic E-state index is 13.3. The van der Waals surface area contributed by atoms with Crippen molar-refractivity contribution in [2.45, 2.75) is 38.6 Å². The fourth-order valence-electron chi connectivity index (χ4n) is 3.59. The molecule has 2 amide bonds. The van der Waals surface area contributed by atoms with Gasteiger partial charge < -0.3 is 15.2 Å². The van der Waals surface area contributed by atoms with Gasteiger partial charge in [-0.1, -0.05) is 0 Å². The number of aromatic nitrogens is 2. The molecule has 1 saturated carbocycles. The van der Waals surface area contributed by atoms with Crippen molar-refractivity contribution >= 4 is 22.8 Å². The van der Waals surface area contributed by atoms with Crippen molar-refractivity contribution in [1.82, 2.24) is 20.2 Å². The normalized spacial score (nSPS) is 19.6. The molecule has 6 nitrogen and oxygen atoms in total. The van der Waals surface area contributed by atoms with Gasteiger partial charge in [0.05, 0.1) is 11.0 Å². The number of rotatable bonds is 3. The highest BCUT2D eigenvalue weighted by atomic mass is 19.2. The second-order valence-electron chi connectivity index (χ2n) is 7.39. The van der Waals surface area contributed by atoms with Gasteiger partial charge in [0.1, 0.15) is 6.04 Å². The molecule has 0 bridgehead atoms. The third kappa shape index (κ3) is 3.04. The topological polar surface area (TPSA) is 78.1 Å². The molecule has 8 heteroatoms. The fraction of sp³-hybridized carbons (Fsp3) is 0.500. The van der Waals surface area contributed by atoms with Crippen LogP contribution in [0.3, 0.4) is 0 Å². The van der Waals surface area contributed by atoms with Crippen LogP contribution in [0.4, 0.5) is 8.78 Å². The lowest BCUT2D eigenvalue weighted by Crippen LogP contribution is -2.49. The van der Waals surface area contributed by atoms with E-state index in [1.54, 1.807) is 11.8 Å². The molecule has 1 aliphatic carbocycles. The zero-order chi connectivity index (χ0) is 18.5. The molecule has 0 radical (unpaired) electrons. The number of carbonyl (C=O) groups is 2. The summed E-state index contributed by atoms with van der Waals surface area (Å²) in [5.74, 6) is -2.84. The van der Waals surface area contributed by atoms with E-state index >= 15 is 0 Å². The Balaban J connectivity index is 1.41. The van der Waals surface area contributed by atoms with E-state index < -0.39 is 23.6 Å². The lowest BCUT2D eigenvalue weighted by atomic mass is 9.93. The highest BCUT2D eigenvalue weighted by Gasteiger charge is 2.45. The zero-order valence-corrected chi connectivity index (χ0v) is 14.4. The van der Waals surface area contributed by atoms with Crippen molar-refractivity contribution in [2.24, 2.45) is 5.41 Å². The van der Waals surface area contributed by atoms with E-state index in [2.05, 4.69) is 15.3 Å². The third-order valence-electron chi connectivity index (χ3n) is 5.55. The van der Waals surface area contributed by atoms with Gasteiger partial charge in [0, 0.05) is 25.2 Å². The summed E-state index contributed by atoms with van der Waals surface area (Å²) in [6.45, 7) is 3.08. The average molecular weight is 362 g/mol. The third-order valence-corrected chi connectivity index (χ3v) is 5.55. The van der Waals surface area contributed by atoms with E-state index in [1.165, 1.54) is 12.8 Å². The van der Waals surface area contributed by atoms with Crippen molar-refractivity contribution < 1.29 is 18.4 Å². The van der Waals surface area contributed by atoms with Gasteiger partial charge in [0.2, 0.25) is 5.91 Å². The Morgan fingerprint density at radius 3 is 2.50 bits per heavy atom. The number of hydrogen-bond donors (Lipinski definition) is 2. The smallest absolute Gasteiger partial charge is 0.287 e. The molecule has 26 heavy (non-hydrogen) atoms. The minimum Gasteiger partial charge on any atom is -0.341 e. The van der Waals surface area contributed by atoms with Gasteiger partial charge in [-0.15, -0.1) is 0 Å². The van der Waals surface area contributed by atoms with Crippen molar-refractivity contribution in [3.05, 3.63) is 29.6 Å². The number of nitrogens with zero attached hydrogens (tertiary/aromatic N) is 2. The highest BCUT2D eigenvalue weighted by Crippen LogP contribution is 2.53. The molecule has 1 saturated heterocycles. The maximum Gasteiger partial charge on any atom is 0.287 e. The molecule has 1 aliphatic heterocycles. The summed E-state index contributed by atoms with van der Waals surface area (Å²) in [4.78, 5) is 33.3. The number of H-pyrrole nitrogens is 1. The summed E-state index contributed by atoms with van der Waals surface area (Å²) in [5, 5.41) is 2.61. The number of aromatic amines is 1. The Labute approximate surface area is 149 Å².